The van der Waals surface area contributed by atoms with Crippen LogP contribution in [0.25, 0.3) is 0 Å². The van der Waals surface area contributed by atoms with Crippen LogP contribution in [0.1, 0.15) is 73.0 Å². The molecule has 2 aliphatic rings. The van der Waals surface area contributed by atoms with E-state index in [-0.39, 0.29) is 53.2 Å². The highest BCUT2D eigenvalue weighted by Gasteiger charge is 2.31. The van der Waals surface area contributed by atoms with E-state index in [1.165, 1.54) is 22.9 Å². The third kappa shape index (κ3) is 10.4. The fourth-order valence-corrected chi connectivity index (χ4v) is 8.04. The first-order valence-corrected chi connectivity index (χ1v) is 20.1. The van der Waals surface area contributed by atoms with Crippen LogP contribution in [0.4, 0.5) is 5.82 Å². The lowest BCUT2D eigenvalue weighted by Crippen LogP contribution is -2.48. The summed E-state index contributed by atoms with van der Waals surface area (Å²) in [5, 5.41) is 10.6. The molecule has 4 atom stereocenters. The van der Waals surface area contributed by atoms with Gasteiger partial charge in [-0.2, -0.15) is 5.10 Å². The van der Waals surface area contributed by atoms with E-state index < -0.39 is 15.9 Å². The minimum atomic E-state index is -4.01. The van der Waals surface area contributed by atoms with Gasteiger partial charge in [0.2, 0.25) is 5.91 Å². The van der Waals surface area contributed by atoms with Gasteiger partial charge in [-0.1, -0.05) is 86.3 Å². The average molecular weight is 826 g/mol. The minimum Gasteiger partial charge on any atom is -0.371 e. The van der Waals surface area contributed by atoms with E-state index in [1.807, 2.05) is 60.7 Å². The molecule has 2 saturated carbocycles. The summed E-state index contributed by atoms with van der Waals surface area (Å²) in [5.74, 6) is -0.869. The van der Waals surface area contributed by atoms with E-state index in [9.17, 15) is 18.0 Å². The van der Waals surface area contributed by atoms with Crippen molar-refractivity contribution in [2.24, 2.45) is 0 Å². The molecule has 13 heteroatoms. The second-order valence-electron chi connectivity index (χ2n) is 13.1. The lowest BCUT2D eigenvalue weighted by atomic mass is 9.92. The third-order valence-electron chi connectivity index (χ3n) is 9.35. The molecule has 3 aromatic carbocycles. The number of carbonyl (C=O) groups excluding carboxylic acids is 2. The fraction of sp³-hybridized carbons (Fsp3) is 0.395. The highest BCUT2D eigenvalue weighted by molar-refractivity contribution is 14.1. The Balaban J connectivity index is 1.18. The Morgan fingerprint density at radius 2 is 1.27 bits per heavy atom. The van der Waals surface area contributed by atoms with Gasteiger partial charge in [-0.25, -0.2) is 13.1 Å². The largest absolute Gasteiger partial charge is 0.371 e. The molecule has 270 valence electrons. The highest BCUT2D eigenvalue weighted by atomic mass is 127. The number of anilines is 1. The van der Waals surface area contributed by atoms with E-state index in [2.05, 4.69) is 43.0 Å². The lowest BCUT2D eigenvalue weighted by molar-refractivity contribution is -0.124. The molecular formula is C38H44IN5O6S. The van der Waals surface area contributed by atoms with Crippen molar-refractivity contribution in [2.75, 3.05) is 4.72 Å². The van der Waals surface area contributed by atoms with Crippen molar-refractivity contribution in [3.05, 3.63) is 111 Å². The van der Waals surface area contributed by atoms with Crippen LogP contribution >= 0.6 is 22.6 Å². The maximum atomic E-state index is 13.9. The van der Waals surface area contributed by atoms with Gasteiger partial charge < -0.3 is 20.1 Å². The molecule has 0 bridgehead atoms. The van der Waals surface area contributed by atoms with E-state index in [0.717, 1.165) is 66.1 Å². The number of rotatable bonds is 14. The van der Waals surface area contributed by atoms with Gasteiger partial charge in [0.1, 0.15) is 12.2 Å². The zero-order chi connectivity index (χ0) is 35.6. The van der Waals surface area contributed by atoms with E-state index >= 15 is 0 Å². The minimum absolute atomic E-state index is 0.0562. The molecule has 0 saturated heterocycles. The Morgan fingerprint density at radius 1 is 0.745 bits per heavy atom. The summed E-state index contributed by atoms with van der Waals surface area (Å²) in [7, 11) is -4.01. The van der Waals surface area contributed by atoms with Crippen LogP contribution in [0.3, 0.4) is 0 Å². The molecule has 0 unspecified atom stereocenters. The fourth-order valence-electron chi connectivity index (χ4n) is 6.69. The molecule has 2 amide bonds. The first-order chi connectivity index (χ1) is 24.7. The smallest absolute Gasteiger partial charge is 0.269 e. The van der Waals surface area contributed by atoms with Crippen molar-refractivity contribution in [2.45, 2.75) is 100 Å². The molecule has 0 spiro atoms. The van der Waals surface area contributed by atoms with Crippen molar-refractivity contribution in [3.63, 3.8) is 0 Å². The standard InChI is InChI=1S/C38H44IN5O6S/c39-29-19-21-30(22-20-29)51(47,48)43-36-23-33(38(46)41-32-16-8-10-18-35(32)50-26-28-13-5-2-6-14-28)44(42-36)24-37(45)40-31-15-7-9-17-34(31)49-25-27-11-3-1-4-12-27/h1-6,11-14,19-23,31-32,34-35H,7-10,15-18,24-26H2,(H,40,45)(H,41,46)(H,42,43)/t31-,32-,34-,35-/m0/s1. The van der Waals surface area contributed by atoms with E-state index in [4.69, 9.17) is 9.47 Å². The quantitative estimate of drug-likeness (QED) is 0.129. The van der Waals surface area contributed by atoms with Crippen LogP contribution in [-0.2, 0) is 44.1 Å². The second-order valence-corrected chi connectivity index (χ2v) is 16.1. The van der Waals surface area contributed by atoms with Gasteiger partial charge in [0.15, 0.2) is 5.82 Å². The van der Waals surface area contributed by atoms with Gasteiger partial charge in [-0.05, 0) is 83.7 Å². The number of hydrogen-bond donors (Lipinski definition) is 3. The number of halogens is 1. The van der Waals surface area contributed by atoms with Gasteiger partial charge in [0.25, 0.3) is 15.9 Å². The topological polar surface area (TPSA) is 141 Å². The Hall–Kier alpha value is -3.79. The summed E-state index contributed by atoms with van der Waals surface area (Å²) in [4.78, 5) is 27.5. The lowest BCUT2D eigenvalue weighted by Gasteiger charge is -2.32. The molecule has 0 aliphatic heterocycles. The van der Waals surface area contributed by atoms with Crippen LogP contribution < -0.4 is 15.4 Å². The Kier molecular flexibility index (Phi) is 12.8. The summed E-state index contributed by atoms with van der Waals surface area (Å²) in [6.07, 6.45) is 6.69. The molecule has 51 heavy (non-hydrogen) atoms. The average Bonchev–Trinajstić information content (AvgIpc) is 3.52. The van der Waals surface area contributed by atoms with Gasteiger partial charge in [0.05, 0.1) is 42.4 Å². The SMILES string of the molecule is O=C(Cn1nc(NS(=O)(=O)c2ccc(I)cc2)cc1C(=O)N[C@H]1CCCC[C@@H]1OCc1ccccc1)N[C@H]1CCCC[C@@H]1OCc1ccccc1. The van der Waals surface area contributed by atoms with Crippen LogP contribution in [0.2, 0.25) is 0 Å². The van der Waals surface area contributed by atoms with Crippen LogP contribution in [0.15, 0.2) is 95.9 Å². The van der Waals surface area contributed by atoms with Crippen molar-refractivity contribution < 1.29 is 27.5 Å². The van der Waals surface area contributed by atoms with Crippen LogP contribution in [-0.4, -0.2) is 54.3 Å². The number of nitrogens with zero attached hydrogens (tertiary/aromatic N) is 2. The van der Waals surface area contributed by atoms with Crippen molar-refractivity contribution in [1.29, 1.82) is 0 Å². The van der Waals surface area contributed by atoms with Crippen molar-refractivity contribution in [1.82, 2.24) is 20.4 Å². The summed E-state index contributed by atoms with van der Waals surface area (Å²) in [5.41, 5.74) is 2.18. The monoisotopic (exact) mass is 825 g/mol. The zero-order valence-corrected chi connectivity index (χ0v) is 31.4. The maximum absolute atomic E-state index is 13.9. The summed E-state index contributed by atoms with van der Waals surface area (Å²) in [6.45, 7) is 0.592. The third-order valence-corrected chi connectivity index (χ3v) is 11.4. The van der Waals surface area contributed by atoms with Gasteiger partial charge >= 0.3 is 0 Å². The first kappa shape index (κ1) is 37.0. The zero-order valence-electron chi connectivity index (χ0n) is 28.4. The van der Waals surface area contributed by atoms with E-state index in [0.29, 0.717) is 13.2 Å². The molecule has 3 N–H and O–H groups in total. The normalized spacial score (nSPS) is 20.7. The molecular weight excluding hydrogens is 781 g/mol. The molecule has 6 rings (SSSR count). The molecule has 2 fully saturated rings. The highest BCUT2D eigenvalue weighted by Crippen LogP contribution is 2.25. The number of sulfonamides is 1. The molecule has 4 aromatic rings. The predicted octanol–water partition coefficient (Wildman–Crippen LogP) is 6.19. The molecule has 0 radical (unpaired) electrons. The maximum Gasteiger partial charge on any atom is 0.269 e. The van der Waals surface area contributed by atoms with E-state index in [1.54, 1.807) is 12.1 Å². The molecule has 2 aliphatic carbocycles. The number of aromatic nitrogens is 2. The summed E-state index contributed by atoms with van der Waals surface area (Å²) < 4.78 is 43.7. The Labute approximate surface area is 313 Å². The van der Waals surface area contributed by atoms with Crippen molar-refractivity contribution >= 4 is 50.2 Å². The number of carbonyl (C=O) groups is 2. The van der Waals surface area contributed by atoms with Crippen LogP contribution in [0.5, 0.6) is 0 Å². The second kappa shape index (κ2) is 17.6. The Bertz CT molecular complexity index is 1860. The first-order valence-electron chi connectivity index (χ1n) is 17.5. The predicted molar refractivity (Wildman–Crippen MR) is 202 cm³/mol. The molecule has 11 nitrogen and oxygen atoms in total. The summed E-state index contributed by atoms with van der Waals surface area (Å²) in [6, 6.07) is 27.1. The van der Waals surface area contributed by atoms with Gasteiger partial charge in [-0.3, -0.25) is 14.3 Å². The molecule has 1 heterocycles. The Morgan fingerprint density at radius 3 is 1.84 bits per heavy atom. The number of benzene rings is 3. The van der Waals surface area contributed by atoms with Crippen LogP contribution in [0, 0.1) is 3.57 Å². The number of amides is 2. The number of hydrogen-bond acceptors (Lipinski definition) is 7. The number of nitrogens with one attached hydrogen (secondary N) is 3. The summed E-state index contributed by atoms with van der Waals surface area (Å²) >= 11 is 2.10. The van der Waals surface area contributed by atoms with Gasteiger partial charge in [-0.15, -0.1) is 0 Å². The van der Waals surface area contributed by atoms with Crippen molar-refractivity contribution in [3.8, 4) is 0 Å². The van der Waals surface area contributed by atoms with Gasteiger partial charge in [0, 0.05) is 9.64 Å². The number of ether oxygens (including phenoxy) is 2. The molecule has 1 aromatic heterocycles.